The Hall–Kier alpha value is -1.71. The van der Waals surface area contributed by atoms with E-state index in [4.69, 9.17) is 11.5 Å². The molecule has 0 unspecified atom stereocenters. The third kappa shape index (κ3) is 3.19. The molecule has 0 aromatic heterocycles. The van der Waals surface area contributed by atoms with Crippen LogP contribution in [-0.4, -0.2) is 23.9 Å². The highest BCUT2D eigenvalue weighted by molar-refractivity contribution is 5.96. The van der Waals surface area contributed by atoms with Gasteiger partial charge in [-0.15, -0.1) is 0 Å². The van der Waals surface area contributed by atoms with Crippen molar-refractivity contribution in [1.82, 2.24) is 4.90 Å². The number of carbonyl (C=O) groups excluding carboxylic acids is 1. The molecule has 1 amide bonds. The van der Waals surface area contributed by atoms with Crippen LogP contribution >= 0.6 is 0 Å². The summed E-state index contributed by atoms with van der Waals surface area (Å²) in [7, 11) is 1.88. The van der Waals surface area contributed by atoms with Gasteiger partial charge in [-0.25, -0.2) is 0 Å². The maximum absolute atomic E-state index is 12.4. The molecule has 0 bridgehead atoms. The number of carbonyl (C=O) groups is 1. The molecule has 1 aromatic carbocycles. The van der Waals surface area contributed by atoms with Crippen LogP contribution in [0, 0.1) is 5.92 Å². The molecule has 1 saturated carbocycles. The first-order valence-corrected chi connectivity index (χ1v) is 6.90. The quantitative estimate of drug-likeness (QED) is 0.803. The molecule has 19 heavy (non-hydrogen) atoms. The van der Waals surface area contributed by atoms with Crippen LogP contribution in [0.2, 0.25) is 0 Å². The summed E-state index contributed by atoms with van der Waals surface area (Å²) >= 11 is 0. The largest absolute Gasteiger partial charge is 0.399 e. The highest BCUT2D eigenvalue weighted by Crippen LogP contribution is 2.27. The van der Waals surface area contributed by atoms with Crippen molar-refractivity contribution in [2.75, 3.05) is 18.5 Å². The number of benzene rings is 1. The minimum Gasteiger partial charge on any atom is -0.399 e. The van der Waals surface area contributed by atoms with Crippen molar-refractivity contribution >= 4 is 17.3 Å². The molecule has 2 rings (SSSR count). The van der Waals surface area contributed by atoms with Crippen molar-refractivity contribution in [2.45, 2.75) is 38.6 Å². The summed E-state index contributed by atoms with van der Waals surface area (Å²) in [6, 6.07) is 5.40. The lowest BCUT2D eigenvalue weighted by atomic mass is 9.86. The molecule has 0 radical (unpaired) electrons. The Morgan fingerprint density at radius 1 is 1.11 bits per heavy atom. The zero-order valence-corrected chi connectivity index (χ0v) is 11.7. The molecule has 1 fully saturated rings. The highest BCUT2D eigenvalue weighted by Gasteiger charge is 2.25. The minimum absolute atomic E-state index is 0.0125. The average Bonchev–Trinajstić information content (AvgIpc) is 2.37. The lowest BCUT2D eigenvalue weighted by Crippen LogP contribution is -2.39. The summed E-state index contributed by atoms with van der Waals surface area (Å²) in [6.07, 6.45) is 4.56. The van der Waals surface area contributed by atoms with Crippen LogP contribution in [0.25, 0.3) is 0 Å². The van der Waals surface area contributed by atoms with E-state index in [0.717, 1.165) is 18.8 Å². The predicted molar refractivity (Wildman–Crippen MR) is 78.8 cm³/mol. The number of nitrogens with two attached hydrogens (primary N) is 2. The number of nitrogen functional groups attached to an aromatic ring is 2. The van der Waals surface area contributed by atoms with Crippen LogP contribution in [-0.2, 0) is 0 Å². The van der Waals surface area contributed by atoms with Crippen molar-refractivity contribution in [3.05, 3.63) is 23.8 Å². The van der Waals surface area contributed by atoms with E-state index in [1.807, 2.05) is 11.9 Å². The molecule has 0 spiro atoms. The summed E-state index contributed by atoms with van der Waals surface area (Å²) in [5.41, 5.74) is 13.1. The monoisotopic (exact) mass is 261 g/mol. The van der Waals surface area contributed by atoms with Gasteiger partial charge in [0.2, 0.25) is 0 Å². The fraction of sp³-hybridized carbons (Fsp3) is 0.533. The lowest BCUT2D eigenvalue weighted by molar-refractivity contribution is 0.0679. The molecule has 1 aliphatic carbocycles. The summed E-state index contributed by atoms with van der Waals surface area (Å²) in [4.78, 5) is 14.3. The van der Waals surface area contributed by atoms with E-state index in [1.54, 1.807) is 18.2 Å². The van der Waals surface area contributed by atoms with Crippen molar-refractivity contribution in [3.8, 4) is 0 Å². The molecular weight excluding hydrogens is 238 g/mol. The van der Waals surface area contributed by atoms with Gasteiger partial charge in [-0.1, -0.05) is 6.92 Å². The van der Waals surface area contributed by atoms with Crippen LogP contribution < -0.4 is 11.5 Å². The first-order chi connectivity index (χ1) is 8.97. The van der Waals surface area contributed by atoms with Gasteiger partial charge >= 0.3 is 0 Å². The van der Waals surface area contributed by atoms with Crippen molar-refractivity contribution in [3.63, 3.8) is 0 Å². The number of nitrogens with zero attached hydrogens (tertiary/aromatic N) is 1. The maximum Gasteiger partial charge on any atom is 0.253 e. The van der Waals surface area contributed by atoms with Gasteiger partial charge in [0.25, 0.3) is 5.91 Å². The van der Waals surface area contributed by atoms with Gasteiger partial charge in [0.05, 0.1) is 0 Å². The Bertz CT molecular complexity index is 444. The van der Waals surface area contributed by atoms with E-state index in [1.165, 1.54) is 12.8 Å². The number of hydrogen-bond donors (Lipinski definition) is 2. The summed E-state index contributed by atoms with van der Waals surface area (Å²) in [5.74, 6) is 0.793. The van der Waals surface area contributed by atoms with E-state index in [0.29, 0.717) is 23.0 Å². The van der Waals surface area contributed by atoms with Crippen LogP contribution in [0.5, 0.6) is 0 Å². The molecule has 4 heteroatoms. The van der Waals surface area contributed by atoms with Crippen molar-refractivity contribution < 1.29 is 4.79 Å². The van der Waals surface area contributed by atoms with Crippen LogP contribution in [0.4, 0.5) is 11.4 Å². The molecule has 0 heterocycles. The second kappa shape index (κ2) is 5.51. The average molecular weight is 261 g/mol. The number of anilines is 2. The van der Waals surface area contributed by atoms with Crippen molar-refractivity contribution in [1.29, 1.82) is 0 Å². The predicted octanol–water partition coefficient (Wildman–Crippen LogP) is 2.50. The number of hydrogen-bond acceptors (Lipinski definition) is 3. The fourth-order valence-electron chi connectivity index (χ4n) is 2.80. The normalized spacial score (nSPS) is 23.1. The van der Waals surface area contributed by atoms with E-state index in [9.17, 15) is 4.79 Å². The van der Waals surface area contributed by atoms with Crippen LogP contribution in [0.15, 0.2) is 18.2 Å². The highest BCUT2D eigenvalue weighted by atomic mass is 16.2. The Balaban J connectivity index is 2.10. The summed E-state index contributed by atoms with van der Waals surface area (Å²) in [5, 5.41) is 0. The van der Waals surface area contributed by atoms with Gasteiger partial charge in [-0.2, -0.15) is 0 Å². The Kier molecular flexibility index (Phi) is 3.98. The van der Waals surface area contributed by atoms with Gasteiger partial charge in [0, 0.05) is 30.0 Å². The third-order valence-electron chi connectivity index (χ3n) is 4.08. The number of rotatable bonds is 2. The summed E-state index contributed by atoms with van der Waals surface area (Å²) < 4.78 is 0. The maximum atomic E-state index is 12.4. The number of amides is 1. The van der Waals surface area contributed by atoms with E-state index in [-0.39, 0.29) is 5.91 Å². The van der Waals surface area contributed by atoms with E-state index < -0.39 is 0 Å². The van der Waals surface area contributed by atoms with Gasteiger partial charge in [-0.3, -0.25) is 4.79 Å². The molecule has 1 aliphatic rings. The Morgan fingerprint density at radius 2 is 1.63 bits per heavy atom. The first kappa shape index (κ1) is 13.7. The molecular formula is C15H23N3O. The second-order valence-corrected chi connectivity index (χ2v) is 5.72. The van der Waals surface area contributed by atoms with Gasteiger partial charge in [-0.05, 0) is 49.8 Å². The first-order valence-electron chi connectivity index (χ1n) is 6.90. The van der Waals surface area contributed by atoms with Gasteiger partial charge < -0.3 is 16.4 Å². The minimum atomic E-state index is 0.0125. The van der Waals surface area contributed by atoms with E-state index >= 15 is 0 Å². The fourth-order valence-corrected chi connectivity index (χ4v) is 2.80. The standard InChI is InChI=1S/C15H23N3O/c1-10-3-5-14(6-4-10)18(2)15(19)11-7-12(16)9-13(17)8-11/h7-10,14H,3-6,16-17H2,1-2H3. The topological polar surface area (TPSA) is 72.3 Å². The van der Waals surface area contributed by atoms with Gasteiger partial charge in [0.15, 0.2) is 0 Å². The molecule has 0 atom stereocenters. The third-order valence-corrected chi connectivity index (χ3v) is 4.08. The zero-order valence-electron chi connectivity index (χ0n) is 11.7. The lowest BCUT2D eigenvalue weighted by Gasteiger charge is -2.33. The molecule has 104 valence electrons. The summed E-state index contributed by atoms with van der Waals surface area (Å²) in [6.45, 7) is 2.27. The molecule has 4 N–H and O–H groups in total. The smallest absolute Gasteiger partial charge is 0.253 e. The second-order valence-electron chi connectivity index (χ2n) is 5.72. The van der Waals surface area contributed by atoms with Crippen LogP contribution in [0.1, 0.15) is 43.0 Å². The van der Waals surface area contributed by atoms with Gasteiger partial charge in [0.1, 0.15) is 0 Å². The Labute approximate surface area is 114 Å². The zero-order chi connectivity index (χ0) is 14.0. The molecule has 0 aliphatic heterocycles. The molecule has 1 aromatic rings. The van der Waals surface area contributed by atoms with Crippen molar-refractivity contribution in [2.24, 2.45) is 5.92 Å². The SMILES string of the molecule is CC1CCC(N(C)C(=O)c2cc(N)cc(N)c2)CC1. The van der Waals surface area contributed by atoms with E-state index in [2.05, 4.69) is 6.92 Å². The van der Waals surface area contributed by atoms with Crippen LogP contribution in [0.3, 0.4) is 0 Å². The Morgan fingerprint density at radius 3 is 2.16 bits per heavy atom. The molecule has 0 saturated heterocycles. The molecule has 4 nitrogen and oxygen atoms in total.